The van der Waals surface area contributed by atoms with Gasteiger partial charge in [-0.1, -0.05) is 29.8 Å². The Morgan fingerprint density at radius 3 is 2.87 bits per heavy atom. The second-order valence-corrected chi connectivity index (χ2v) is 3.74. The molecule has 0 aromatic heterocycles. The number of carbonyl (C=O) groups is 1. The van der Waals surface area contributed by atoms with Crippen LogP contribution >= 0.6 is 11.6 Å². The molecule has 0 saturated heterocycles. The molecule has 0 aliphatic heterocycles. The highest BCUT2D eigenvalue weighted by molar-refractivity contribution is 6.32. The number of aryl methyl sites for hydroxylation is 1. The van der Waals surface area contributed by atoms with Gasteiger partial charge in [-0.25, -0.2) is 0 Å². The zero-order valence-corrected chi connectivity index (χ0v) is 9.54. The van der Waals surface area contributed by atoms with Crippen molar-refractivity contribution in [3.8, 4) is 0 Å². The van der Waals surface area contributed by atoms with E-state index in [9.17, 15) is 4.79 Å². The van der Waals surface area contributed by atoms with E-state index in [4.69, 9.17) is 17.3 Å². The smallest absolute Gasteiger partial charge is 0.307 e. The number of ether oxygens (including phenoxy) is 1. The van der Waals surface area contributed by atoms with Gasteiger partial charge in [0.05, 0.1) is 13.5 Å². The van der Waals surface area contributed by atoms with Crippen LogP contribution in [0.1, 0.15) is 23.6 Å². The van der Waals surface area contributed by atoms with Gasteiger partial charge in [0.25, 0.3) is 0 Å². The van der Waals surface area contributed by atoms with Gasteiger partial charge in [-0.05, 0) is 18.1 Å². The summed E-state index contributed by atoms with van der Waals surface area (Å²) in [5.41, 5.74) is 7.59. The molecule has 0 bridgehead atoms. The van der Waals surface area contributed by atoms with Gasteiger partial charge in [0.15, 0.2) is 0 Å². The quantitative estimate of drug-likeness (QED) is 0.806. The molecule has 82 valence electrons. The molecular formula is C11H14ClNO2. The number of esters is 1. The Kier molecular flexibility index (Phi) is 4.12. The van der Waals surface area contributed by atoms with E-state index in [1.807, 2.05) is 25.1 Å². The second kappa shape index (κ2) is 5.14. The first kappa shape index (κ1) is 12.0. The van der Waals surface area contributed by atoms with Gasteiger partial charge in [-0.3, -0.25) is 4.79 Å². The Morgan fingerprint density at radius 2 is 2.27 bits per heavy atom. The van der Waals surface area contributed by atoms with Crippen LogP contribution in [0, 0.1) is 6.92 Å². The third-order valence-electron chi connectivity index (χ3n) is 2.24. The number of carbonyl (C=O) groups excluding carboxylic acids is 1. The van der Waals surface area contributed by atoms with Crippen molar-refractivity contribution < 1.29 is 9.53 Å². The molecule has 1 aromatic rings. The number of benzene rings is 1. The lowest BCUT2D eigenvalue weighted by molar-refractivity contribution is -0.141. The average molecular weight is 228 g/mol. The maximum atomic E-state index is 11.0. The fourth-order valence-electron chi connectivity index (χ4n) is 1.33. The molecule has 0 heterocycles. The first-order valence-corrected chi connectivity index (χ1v) is 5.01. The van der Waals surface area contributed by atoms with Crippen molar-refractivity contribution >= 4 is 17.6 Å². The average Bonchev–Trinajstić information content (AvgIpc) is 2.21. The minimum Gasteiger partial charge on any atom is -0.469 e. The molecule has 0 fully saturated rings. The maximum Gasteiger partial charge on any atom is 0.307 e. The van der Waals surface area contributed by atoms with Crippen molar-refractivity contribution in [1.82, 2.24) is 0 Å². The largest absolute Gasteiger partial charge is 0.469 e. The van der Waals surface area contributed by atoms with Crippen molar-refractivity contribution in [3.63, 3.8) is 0 Å². The number of nitrogens with two attached hydrogens (primary N) is 1. The van der Waals surface area contributed by atoms with E-state index >= 15 is 0 Å². The summed E-state index contributed by atoms with van der Waals surface area (Å²) < 4.78 is 4.55. The fraction of sp³-hybridized carbons (Fsp3) is 0.364. The van der Waals surface area contributed by atoms with Crippen LogP contribution in [0.15, 0.2) is 18.2 Å². The molecule has 15 heavy (non-hydrogen) atoms. The van der Waals surface area contributed by atoms with Crippen molar-refractivity contribution in [2.45, 2.75) is 19.4 Å². The van der Waals surface area contributed by atoms with Crippen molar-refractivity contribution in [2.75, 3.05) is 7.11 Å². The summed E-state index contributed by atoms with van der Waals surface area (Å²) in [4.78, 5) is 11.0. The van der Waals surface area contributed by atoms with Crippen LogP contribution in [0.3, 0.4) is 0 Å². The Labute approximate surface area is 94.2 Å². The lowest BCUT2D eigenvalue weighted by atomic mass is 10.0. The normalized spacial score (nSPS) is 12.3. The van der Waals surface area contributed by atoms with Gasteiger partial charge in [-0.2, -0.15) is 0 Å². The van der Waals surface area contributed by atoms with Gasteiger partial charge < -0.3 is 10.5 Å². The van der Waals surface area contributed by atoms with E-state index in [0.717, 1.165) is 11.1 Å². The molecule has 0 aliphatic rings. The van der Waals surface area contributed by atoms with Gasteiger partial charge in [-0.15, -0.1) is 0 Å². The molecular weight excluding hydrogens is 214 g/mol. The topological polar surface area (TPSA) is 52.3 Å². The highest BCUT2D eigenvalue weighted by Gasteiger charge is 2.15. The molecule has 1 aromatic carbocycles. The van der Waals surface area contributed by atoms with Gasteiger partial charge in [0.1, 0.15) is 0 Å². The lowest BCUT2D eigenvalue weighted by Gasteiger charge is -2.13. The monoisotopic (exact) mass is 227 g/mol. The van der Waals surface area contributed by atoms with Crippen LogP contribution in [-0.2, 0) is 9.53 Å². The summed E-state index contributed by atoms with van der Waals surface area (Å²) in [7, 11) is 1.34. The van der Waals surface area contributed by atoms with E-state index in [1.165, 1.54) is 7.11 Å². The Bertz CT molecular complexity index is 366. The van der Waals surface area contributed by atoms with E-state index in [0.29, 0.717) is 5.02 Å². The first-order valence-electron chi connectivity index (χ1n) is 4.63. The van der Waals surface area contributed by atoms with E-state index in [2.05, 4.69) is 4.74 Å². The summed E-state index contributed by atoms with van der Waals surface area (Å²) in [5.74, 6) is -0.333. The fourth-order valence-corrected chi connectivity index (χ4v) is 1.60. The Balaban J connectivity index is 2.86. The number of rotatable bonds is 3. The van der Waals surface area contributed by atoms with Crippen molar-refractivity contribution in [3.05, 3.63) is 34.3 Å². The molecule has 1 atom stereocenters. The number of methoxy groups -OCH3 is 1. The predicted octanol–water partition coefficient (Wildman–Crippen LogP) is 2.21. The molecule has 0 spiro atoms. The molecule has 2 N–H and O–H groups in total. The molecule has 4 heteroatoms. The summed E-state index contributed by atoms with van der Waals surface area (Å²) in [5, 5.41) is 0.619. The molecule has 0 saturated carbocycles. The van der Waals surface area contributed by atoms with E-state index < -0.39 is 6.04 Å². The highest BCUT2D eigenvalue weighted by atomic mass is 35.5. The molecule has 0 aliphatic carbocycles. The number of halogens is 1. The van der Waals surface area contributed by atoms with Crippen LogP contribution in [0.5, 0.6) is 0 Å². The molecule has 0 radical (unpaired) electrons. The molecule has 1 rings (SSSR count). The summed E-state index contributed by atoms with van der Waals surface area (Å²) >= 11 is 6.08. The first-order chi connectivity index (χ1) is 7.06. The number of hydrogen-bond donors (Lipinski definition) is 1. The third-order valence-corrected chi connectivity index (χ3v) is 2.75. The van der Waals surface area contributed by atoms with Crippen molar-refractivity contribution in [2.24, 2.45) is 5.73 Å². The lowest BCUT2D eigenvalue weighted by Crippen LogP contribution is -2.16. The Hall–Kier alpha value is -1.06. The molecule has 3 nitrogen and oxygen atoms in total. The number of hydrogen-bond acceptors (Lipinski definition) is 3. The minimum atomic E-state index is -0.412. The van der Waals surface area contributed by atoms with Crippen LogP contribution in [0.4, 0.5) is 0 Å². The minimum absolute atomic E-state index is 0.139. The van der Waals surface area contributed by atoms with Crippen LogP contribution < -0.4 is 5.73 Å². The highest BCUT2D eigenvalue weighted by Crippen LogP contribution is 2.26. The summed E-state index contributed by atoms with van der Waals surface area (Å²) in [6.45, 7) is 1.90. The van der Waals surface area contributed by atoms with E-state index in [-0.39, 0.29) is 12.4 Å². The SMILES string of the molecule is COC(=O)C[C@@H](N)c1cccc(C)c1Cl. The molecule has 0 unspecified atom stereocenters. The van der Waals surface area contributed by atoms with Gasteiger partial charge in [0.2, 0.25) is 0 Å². The molecule has 0 amide bonds. The zero-order chi connectivity index (χ0) is 11.4. The van der Waals surface area contributed by atoms with Gasteiger partial charge in [0, 0.05) is 11.1 Å². The van der Waals surface area contributed by atoms with Crippen LogP contribution in [0.25, 0.3) is 0 Å². The third kappa shape index (κ3) is 2.94. The summed E-state index contributed by atoms with van der Waals surface area (Å²) in [6.07, 6.45) is 0.139. The maximum absolute atomic E-state index is 11.0. The summed E-state index contributed by atoms with van der Waals surface area (Å²) in [6, 6.07) is 5.18. The van der Waals surface area contributed by atoms with Crippen LogP contribution in [-0.4, -0.2) is 13.1 Å². The van der Waals surface area contributed by atoms with Crippen LogP contribution in [0.2, 0.25) is 5.02 Å². The van der Waals surface area contributed by atoms with E-state index in [1.54, 1.807) is 0 Å². The second-order valence-electron chi connectivity index (χ2n) is 3.36. The van der Waals surface area contributed by atoms with Gasteiger partial charge >= 0.3 is 5.97 Å². The zero-order valence-electron chi connectivity index (χ0n) is 8.79. The predicted molar refractivity (Wildman–Crippen MR) is 59.8 cm³/mol. The standard InChI is InChI=1S/C11H14ClNO2/c1-7-4-3-5-8(11(7)12)9(13)6-10(14)15-2/h3-5,9H,6,13H2,1-2H3/t9-/m1/s1. The van der Waals surface area contributed by atoms with Crippen molar-refractivity contribution in [1.29, 1.82) is 0 Å². The Morgan fingerprint density at radius 1 is 1.60 bits per heavy atom.